The molecule has 0 aliphatic heterocycles. The van der Waals surface area contributed by atoms with Crippen molar-refractivity contribution in [2.24, 2.45) is 0 Å². The molecule has 3 aromatic rings. The van der Waals surface area contributed by atoms with Crippen LogP contribution >= 0.6 is 0 Å². The molecule has 0 N–H and O–H groups in total. The van der Waals surface area contributed by atoms with Gasteiger partial charge in [-0.2, -0.15) is 0 Å². The van der Waals surface area contributed by atoms with Crippen molar-refractivity contribution in [3.8, 4) is 11.5 Å². The van der Waals surface area contributed by atoms with E-state index in [0.29, 0.717) is 0 Å². The number of ether oxygens (including phenoxy) is 2. The van der Waals surface area contributed by atoms with Crippen molar-refractivity contribution in [1.82, 2.24) is 0 Å². The molecule has 0 atom stereocenters. The van der Waals surface area contributed by atoms with E-state index in [0.717, 1.165) is 69.8 Å². The fraction of sp³-hybridized carbons (Fsp3) is 0.385. The van der Waals surface area contributed by atoms with Crippen molar-refractivity contribution in [2.75, 3.05) is 50.2 Å². The van der Waals surface area contributed by atoms with E-state index in [1.54, 1.807) is 14.2 Å². The quantitative estimate of drug-likeness (QED) is 0.140. The molecule has 0 heterocycles. The van der Waals surface area contributed by atoms with Gasteiger partial charge in [-0.05, 0) is 106 Å². The van der Waals surface area contributed by atoms with Gasteiger partial charge in [0, 0.05) is 37.6 Å². The molecule has 0 aliphatic rings. The third kappa shape index (κ3) is 11.7. The second-order valence-corrected chi connectivity index (χ2v) is 11.4. The summed E-state index contributed by atoms with van der Waals surface area (Å²) >= 11 is 0. The average Bonchev–Trinajstić information content (AvgIpc) is 3.02. The largest absolute Gasteiger partial charge is 0.497 e. The highest BCUT2D eigenvalue weighted by Gasteiger charge is 2.12. The van der Waals surface area contributed by atoms with Gasteiger partial charge in [-0.25, -0.2) is 0 Å². The molecule has 0 unspecified atom stereocenters. The summed E-state index contributed by atoms with van der Waals surface area (Å²) in [6.07, 6.45) is 14.5. The maximum Gasteiger partial charge on any atom is 0.122 e. The van der Waals surface area contributed by atoms with Crippen LogP contribution in [0.3, 0.4) is 0 Å². The van der Waals surface area contributed by atoms with E-state index in [2.05, 4.69) is 122 Å². The van der Waals surface area contributed by atoms with E-state index in [9.17, 15) is 0 Å². The second kappa shape index (κ2) is 18.6. The summed E-state index contributed by atoms with van der Waals surface area (Å²) in [4.78, 5) is 4.92. The van der Waals surface area contributed by atoms with E-state index in [1.807, 2.05) is 12.1 Å². The Bertz CT molecular complexity index is 1300. The van der Waals surface area contributed by atoms with E-state index in [4.69, 9.17) is 9.47 Å². The van der Waals surface area contributed by atoms with Crippen LogP contribution in [0.1, 0.15) is 64.5 Å². The van der Waals surface area contributed by atoms with E-state index in [-0.39, 0.29) is 0 Å². The normalized spacial score (nSPS) is 11.4. The predicted octanol–water partition coefficient (Wildman–Crippen LogP) is 9.77. The smallest absolute Gasteiger partial charge is 0.122 e. The molecule has 0 spiro atoms. The standard InChI is InChI=1S/C39H52N2O2/c1-7-27-40(30-26-33(4)15-11-14-32(2)3)37-22-25-39(43-6)35(31-37)19-13-29-41(36-20-23-38(42-5)24-21-36)28-12-18-34-16-9-8-10-17-34/h8-10,12,14,16-18,20-26,31H,7,11,13,15,19,27-30H2,1-6H3/b18-12+,33-26+. The van der Waals surface area contributed by atoms with Crippen LogP contribution in [-0.2, 0) is 6.42 Å². The molecule has 0 bridgehead atoms. The number of hydrogen-bond acceptors (Lipinski definition) is 4. The molecule has 3 rings (SSSR count). The summed E-state index contributed by atoms with van der Waals surface area (Å²) in [5, 5.41) is 0. The summed E-state index contributed by atoms with van der Waals surface area (Å²) in [6.45, 7) is 12.6. The van der Waals surface area contributed by atoms with Gasteiger partial charge in [0.05, 0.1) is 14.2 Å². The van der Waals surface area contributed by atoms with Crippen molar-refractivity contribution in [3.05, 3.63) is 113 Å². The van der Waals surface area contributed by atoms with Gasteiger partial charge in [-0.15, -0.1) is 0 Å². The number of aryl methyl sites for hydroxylation is 1. The monoisotopic (exact) mass is 580 g/mol. The van der Waals surface area contributed by atoms with Gasteiger partial charge in [-0.3, -0.25) is 0 Å². The van der Waals surface area contributed by atoms with Gasteiger partial charge in [0.15, 0.2) is 0 Å². The molecule has 0 saturated carbocycles. The summed E-state index contributed by atoms with van der Waals surface area (Å²) < 4.78 is 11.2. The van der Waals surface area contributed by atoms with Gasteiger partial charge in [0.1, 0.15) is 11.5 Å². The van der Waals surface area contributed by atoms with Crippen LogP contribution in [-0.4, -0.2) is 40.4 Å². The van der Waals surface area contributed by atoms with E-state index >= 15 is 0 Å². The zero-order valence-corrected chi connectivity index (χ0v) is 27.3. The van der Waals surface area contributed by atoms with Gasteiger partial charge in [0.2, 0.25) is 0 Å². The summed E-state index contributed by atoms with van der Waals surface area (Å²) in [5.74, 6) is 1.84. The maximum atomic E-state index is 5.81. The molecule has 0 aromatic heterocycles. The Morgan fingerprint density at radius 1 is 0.767 bits per heavy atom. The molecule has 0 saturated heterocycles. The Morgan fingerprint density at radius 2 is 1.49 bits per heavy atom. The van der Waals surface area contributed by atoms with Crippen LogP contribution in [0, 0.1) is 0 Å². The number of anilines is 2. The highest BCUT2D eigenvalue weighted by molar-refractivity contribution is 5.55. The van der Waals surface area contributed by atoms with Gasteiger partial charge in [0.25, 0.3) is 0 Å². The van der Waals surface area contributed by atoms with Crippen molar-refractivity contribution in [1.29, 1.82) is 0 Å². The first-order valence-corrected chi connectivity index (χ1v) is 15.7. The van der Waals surface area contributed by atoms with Crippen LogP contribution in [0.25, 0.3) is 6.08 Å². The zero-order chi connectivity index (χ0) is 30.9. The van der Waals surface area contributed by atoms with Crippen molar-refractivity contribution < 1.29 is 9.47 Å². The minimum absolute atomic E-state index is 0.835. The number of rotatable bonds is 18. The van der Waals surface area contributed by atoms with Crippen LogP contribution in [0.15, 0.2) is 102 Å². The third-order valence-electron chi connectivity index (χ3n) is 7.62. The minimum atomic E-state index is 0.835. The number of benzene rings is 3. The second-order valence-electron chi connectivity index (χ2n) is 11.4. The molecular formula is C39H52N2O2. The lowest BCUT2D eigenvalue weighted by molar-refractivity contribution is 0.409. The molecule has 3 aromatic carbocycles. The molecule has 0 amide bonds. The Labute approximate surface area is 261 Å². The molecule has 4 heteroatoms. The zero-order valence-electron chi connectivity index (χ0n) is 27.3. The Morgan fingerprint density at radius 3 is 2.16 bits per heavy atom. The first-order valence-electron chi connectivity index (χ1n) is 15.7. The Kier molecular flexibility index (Phi) is 14.5. The van der Waals surface area contributed by atoms with Crippen molar-refractivity contribution in [2.45, 2.75) is 59.8 Å². The predicted molar refractivity (Wildman–Crippen MR) is 187 cm³/mol. The molecule has 43 heavy (non-hydrogen) atoms. The lowest BCUT2D eigenvalue weighted by Crippen LogP contribution is -2.25. The molecule has 0 aliphatic carbocycles. The highest BCUT2D eigenvalue weighted by atomic mass is 16.5. The number of methoxy groups -OCH3 is 2. The lowest BCUT2D eigenvalue weighted by Gasteiger charge is -2.26. The number of allylic oxidation sites excluding steroid dienone is 3. The Hall–Kier alpha value is -3.92. The van der Waals surface area contributed by atoms with Crippen LogP contribution in [0.2, 0.25) is 0 Å². The van der Waals surface area contributed by atoms with E-state index < -0.39 is 0 Å². The topological polar surface area (TPSA) is 24.9 Å². The number of hydrogen-bond donors (Lipinski definition) is 0. The highest BCUT2D eigenvalue weighted by Crippen LogP contribution is 2.28. The first kappa shape index (κ1) is 33.6. The molecule has 230 valence electrons. The Balaban J connectivity index is 1.71. The van der Waals surface area contributed by atoms with Crippen molar-refractivity contribution in [3.63, 3.8) is 0 Å². The fourth-order valence-electron chi connectivity index (χ4n) is 5.17. The fourth-order valence-corrected chi connectivity index (χ4v) is 5.17. The van der Waals surface area contributed by atoms with Gasteiger partial charge >= 0.3 is 0 Å². The van der Waals surface area contributed by atoms with Crippen molar-refractivity contribution >= 4 is 17.5 Å². The minimum Gasteiger partial charge on any atom is -0.497 e. The summed E-state index contributed by atoms with van der Waals surface area (Å²) in [5.41, 5.74) is 7.78. The molecule has 4 nitrogen and oxygen atoms in total. The SMILES string of the molecule is CCCN(C/C=C(\C)CCC=C(C)C)c1ccc(OC)c(CCCN(C/C=C/c2ccccc2)c2ccc(OC)cc2)c1. The third-order valence-corrected chi connectivity index (χ3v) is 7.62. The molecule has 0 fully saturated rings. The van der Waals surface area contributed by atoms with E-state index in [1.165, 1.54) is 33.6 Å². The van der Waals surface area contributed by atoms with Crippen LogP contribution < -0.4 is 19.3 Å². The maximum absolute atomic E-state index is 5.81. The molecular weight excluding hydrogens is 528 g/mol. The van der Waals surface area contributed by atoms with Crippen LogP contribution in [0.4, 0.5) is 11.4 Å². The van der Waals surface area contributed by atoms with Gasteiger partial charge < -0.3 is 19.3 Å². The van der Waals surface area contributed by atoms with Gasteiger partial charge in [-0.1, -0.05) is 72.7 Å². The average molecular weight is 581 g/mol. The summed E-state index contributed by atoms with van der Waals surface area (Å²) in [7, 11) is 3.49. The molecule has 0 radical (unpaired) electrons. The number of nitrogens with zero attached hydrogens (tertiary/aromatic N) is 2. The van der Waals surface area contributed by atoms with Crippen LogP contribution in [0.5, 0.6) is 11.5 Å². The lowest BCUT2D eigenvalue weighted by atomic mass is 10.1. The summed E-state index contributed by atoms with van der Waals surface area (Å²) in [6, 6.07) is 25.5. The first-order chi connectivity index (χ1) is 20.9.